The fraction of sp³-hybridized carbons (Fsp3) is 0.429. The standard InChI is InChI=1S/C14H18O3/c1-4-14(5-2,13(16)17-3)12(15)11-9-7-6-8-10-11/h6-10H,4-5H2,1-3H3. The molecule has 0 saturated carbocycles. The van der Waals surface area contributed by atoms with Gasteiger partial charge in [0.15, 0.2) is 5.78 Å². The van der Waals surface area contributed by atoms with Gasteiger partial charge in [-0.3, -0.25) is 9.59 Å². The van der Waals surface area contributed by atoms with Crippen LogP contribution in [-0.2, 0) is 9.53 Å². The monoisotopic (exact) mass is 234 g/mol. The highest BCUT2D eigenvalue weighted by Crippen LogP contribution is 2.32. The van der Waals surface area contributed by atoms with Gasteiger partial charge in [-0.2, -0.15) is 0 Å². The average molecular weight is 234 g/mol. The topological polar surface area (TPSA) is 43.4 Å². The van der Waals surface area contributed by atoms with Gasteiger partial charge in [-0.25, -0.2) is 0 Å². The van der Waals surface area contributed by atoms with Gasteiger partial charge in [0.2, 0.25) is 0 Å². The zero-order chi connectivity index (χ0) is 12.9. The van der Waals surface area contributed by atoms with E-state index in [1.54, 1.807) is 24.3 Å². The molecule has 1 rings (SSSR count). The largest absolute Gasteiger partial charge is 0.468 e. The number of carbonyl (C=O) groups is 2. The first-order chi connectivity index (χ1) is 8.12. The molecule has 0 aromatic heterocycles. The van der Waals surface area contributed by atoms with Crippen molar-refractivity contribution in [3.8, 4) is 0 Å². The molecule has 0 aliphatic heterocycles. The molecule has 0 aliphatic carbocycles. The molecule has 0 atom stereocenters. The molecule has 0 fully saturated rings. The van der Waals surface area contributed by atoms with Gasteiger partial charge in [-0.05, 0) is 12.8 Å². The lowest BCUT2D eigenvalue weighted by Gasteiger charge is -2.26. The number of carbonyl (C=O) groups excluding carboxylic acids is 2. The summed E-state index contributed by atoms with van der Waals surface area (Å²) in [5, 5.41) is 0. The highest BCUT2D eigenvalue weighted by molar-refractivity contribution is 6.12. The van der Waals surface area contributed by atoms with E-state index in [1.807, 2.05) is 19.9 Å². The predicted molar refractivity (Wildman–Crippen MR) is 65.8 cm³/mol. The third kappa shape index (κ3) is 2.38. The third-order valence-corrected chi connectivity index (χ3v) is 3.25. The van der Waals surface area contributed by atoms with Crippen LogP contribution in [0.3, 0.4) is 0 Å². The number of rotatable bonds is 5. The summed E-state index contributed by atoms with van der Waals surface area (Å²) in [5.41, 5.74) is -0.488. The Morgan fingerprint density at radius 2 is 1.65 bits per heavy atom. The van der Waals surface area contributed by atoms with E-state index in [0.717, 1.165) is 0 Å². The fourth-order valence-corrected chi connectivity index (χ4v) is 2.01. The van der Waals surface area contributed by atoms with Crippen LogP contribution < -0.4 is 0 Å². The number of methoxy groups -OCH3 is 1. The van der Waals surface area contributed by atoms with E-state index in [0.29, 0.717) is 18.4 Å². The molecule has 0 unspecified atom stereocenters. The van der Waals surface area contributed by atoms with Crippen LogP contribution in [0.5, 0.6) is 0 Å². The van der Waals surface area contributed by atoms with Gasteiger partial charge in [0.05, 0.1) is 7.11 Å². The Morgan fingerprint density at radius 1 is 1.12 bits per heavy atom. The van der Waals surface area contributed by atoms with Crippen molar-refractivity contribution in [2.75, 3.05) is 7.11 Å². The van der Waals surface area contributed by atoms with Crippen molar-refractivity contribution in [1.29, 1.82) is 0 Å². The zero-order valence-electron chi connectivity index (χ0n) is 10.5. The van der Waals surface area contributed by atoms with Crippen LogP contribution in [0.1, 0.15) is 37.0 Å². The first-order valence-electron chi connectivity index (χ1n) is 5.80. The number of hydrogen-bond donors (Lipinski definition) is 0. The minimum Gasteiger partial charge on any atom is -0.468 e. The maximum absolute atomic E-state index is 12.4. The second-order valence-corrected chi connectivity index (χ2v) is 3.98. The van der Waals surface area contributed by atoms with Crippen LogP contribution in [0.4, 0.5) is 0 Å². The van der Waals surface area contributed by atoms with E-state index in [9.17, 15) is 9.59 Å². The minimum atomic E-state index is -1.05. The number of esters is 1. The van der Waals surface area contributed by atoms with Crippen molar-refractivity contribution in [3.05, 3.63) is 35.9 Å². The summed E-state index contributed by atoms with van der Waals surface area (Å²) in [4.78, 5) is 24.3. The van der Waals surface area contributed by atoms with Crippen molar-refractivity contribution in [1.82, 2.24) is 0 Å². The smallest absolute Gasteiger partial charge is 0.319 e. The number of Topliss-reactive ketones (excluding diaryl/α,β-unsaturated/α-hetero) is 1. The van der Waals surface area contributed by atoms with Crippen LogP contribution in [-0.4, -0.2) is 18.9 Å². The Morgan fingerprint density at radius 3 is 2.06 bits per heavy atom. The maximum Gasteiger partial charge on any atom is 0.319 e. The van der Waals surface area contributed by atoms with Crippen LogP contribution in [0.2, 0.25) is 0 Å². The van der Waals surface area contributed by atoms with Gasteiger partial charge >= 0.3 is 5.97 Å². The molecule has 1 aromatic rings. The second-order valence-electron chi connectivity index (χ2n) is 3.98. The zero-order valence-corrected chi connectivity index (χ0v) is 10.5. The molecule has 17 heavy (non-hydrogen) atoms. The number of benzene rings is 1. The van der Waals surface area contributed by atoms with Gasteiger partial charge in [0.25, 0.3) is 0 Å². The van der Waals surface area contributed by atoms with E-state index in [-0.39, 0.29) is 5.78 Å². The maximum atomic E-state index is 12.4. The summed E-state index contributed by atoms with van der Waals surface area (Å²) >= 11 is 0. The lowest BCUT2D eigenvalue weighted by atomic mass is 9.76. The van der Waals surface area contributed by atoms with Crippen LogP contribution in [0.25, 0.3) is 0 Å². The Hall–Kier alpha value is -1.64. The summed E-state index contributed by atoms with van der Waals surface area (Å²) in [5.74, 6) is -0.605. The lowest BCUT2D eigenvalue weighted by molar-refractivity contribution is -0.150. The van der Waals surface area contributed by atoms with E-state index < -0.39 is 11.4 Å². The first-order valence-corrected chi connectivity index (χ1v) is 5.80. The highest BCUT2D eigenvalue weighted by atomic mass is 16.5. The van der Waals surface area contributed by atoms with E-state index in [2.05, 4.69) is 0 Å². The van der Waals surface area contributed by atoms with E-state index in [4.69, 9.17) is 4.74 Å². The average Bonchev–Trinajstić information content (AvgIpc) is 2.41. The van der Waals surface area contributed by atoms with Crippen LogP contribution in [0.15, 0.2) is 30.3 Å². The molecule has 92 valence electrons. The van der Waals surface area contributed by atoms with E-state index in [1.165, 1.54) is 7.11 Å². The second kappa shape index (κ2) is 5.62. The summed E-state index contributed by atoms with van der Waals surface area (Å²) in [7, 11) is 1.32. The summed E-state index contributed by atoms with van der Waals surface area (Å²) in [6.07, 6.45) is 0.897. The molecular formula is C14H18O3. The third-order valence-electron chi connectivity index (χ3n) is 3.25. The number of hydrogen-bond acceptors (Lipinski definition) is 3. The Labute approximate surface area is 102 Å². The quantitative estimate of drug-likeness (QED) is 0.447. The molecule has 0 aliphatic rings. The molecule has 0 saturated heterocycles. The van der Waals surface area contributed by atoms with Crippen molar-refractivity contribution >= 4 is 11.8 Å². The molecule has 0 amide bonds. The number of ether oxygens (including phenoxy) is 1. The lowest BCUT2D eigenvalue weighted by Crippen LogP contribution is -2.39. The summed E-state index contributed by atoms with van der Waals surface area (Å²) in [6, 6.07) is 8.88. The molecule has 0 N–H and O–H groups in total. The summed E-state index contributed by atoms with van der Waals surface area (Å²) < 4.78 is 4.78. The predicted octanol–water partition coefficient (Wildman–Crippen LogP) is 2.85. The van der Waals surface area contributed by atoms with Crippen molar-refractivity contribution in [3.63, 3.8) is 0 Å². The van der Waals surface area contributed by atoms with Crippen LogP contribution >= 0.6 is 0 Å². The van der Waals surface area contributed by atoms with Crippen molar-refractivity contribution in [2.45, 2.75) is 26.7 Å². The Bertz CT molecular complexity index is 391. The molecule has 3 heteroatoms. The van der Waals surface area contributed by atoms with E-state index >= 15 is 0 Å². The van der Waals surface area contributed by atoms with Gasteiger partial charge in [-0.15, -0.1) is 0 Å². The normalized spacial score (nSPS) is 11.0. The van der Waals surface area contributed by atoms with Crippen LogP contribution in [0, 0.1) is 5.41 Å². The van der Waals surface area contributed by atoms with Crippen molar-refractivity contribution < 1.29 is 14.3 Å². The molecular weight excluding hydrogens is 216 g/mol. The fourth-order valence-electron chi connectivity index (χ4n) is 2.01. The molecule has 0 radical (unpaired) electrons. The minimum absolute atomic E-state index is 0.157. The SMILES string of the molecule is CCC(CC)(C(=O)OC)C(=O)c1ccccc1. The molecule has 3 nitrogen and oxygen atoms in total. The molecule has 0 heterocycles. The van der Waals surface area contributed by atoms with Gasteiger partial charge < -0.3 is 4.74 Å². The molecule has 1 aromatic carbocycles. The molecule has 0 spiro atoms. The van der Waals surface area contributed by atoms with Gasteiger partial charge in [-0.1, -0.05) is 44.2 Å². The Balaban J connectivity index is 3.16. The molecule has 0 bridgehead atoms. The highest BCUT2D eigenvalue weighted by Gasteiger charge is 2.43. The first kappa shape index (κ1) is 13.4. The summed E-state index contributed by atoms with van der Waals surface area (Å²) in [6.45, 7) is 3.67. The van der Waals surface area contributed by atoms with Crippen molar-refractivity contribution in [2.24, 2.45) is 5.41 Å². The Kier molecular flexibility index (Phi) is 4.44. The van der Waals surface area contributed by atoms with Gasteiger partial charge in [0.1, 0.15) is 5.41 Å². The van der Waals surface area contributed by atoms with Gasteiger partial charge in [0, 0.05) is 5.56 Å². The number of ketones is 1.